The molecule has 1 aliphatic heterocycles. The van der Waals surface area contributed by atoms with Crippen molar-refractivity contribution in [2.45, 2.75) is 18.9 Å². The van der Waals surface area contributed by atoms with Gasteiger partial charge < -0.3 is 4.74 Å². The highest BCUT2D eigenvalue weighted by Gasteiger charge is 2.28. The van der Waals surface area contributed by atoms with E-state index < -0.39 is 0 Å². The number of nitrogens with two attached hydrogens (primary N) is 1. The van der Waals surface area contributed by atoms with Crippen LogP contribution in [0, 0.1) is 11.7 Å². The second-order valence-corrected chi connectivity index (χ2v) is 4.64. The Morgan fingerprint density at radius 2 is 2.12 bits per heavy atom. The number of nitrogens with one attached hydrogen (secondary N) is 1. The van der Waals surface area contributed by atoms with Gasteiger partial charge in [0.15, 0.2) is 0 Å². The lowest BCUT2D eigenvalue weighted by Crippen LogP contribution is -2.36. The van der Waals surface area contributed by atoms with Gasteiger partial charge in [0.2, 0.25) is 0 Å². The van der Waals surface area contributed by atoms with Crippen molar-refractivity contribution in [3.8, 4) is 0 Å². The fourth-order valence-corrected chi connectivity index (χ4v) is 2.59. The third-order valence-corrected chi connectivity index (χ3v) is 3.56. The minimum absolute atomic E-state index is 0.253. The number of hydrogen-bond acceptors (Lipinski definition) is 3. The van der Waals surface area contributed by atoms with E-state index in [1.807, 2.05) is 0 Å². The quantitative estimate of drug-likeness (QED) is 0.647. The summed E-state index contributed by atoms with van der Waals surface area (Å²) in [7, 11) is 0. The summed E-state index contributed by atoms with van der Waals surface area (Å²) in [5.41, 5.74) is 3.15. The monoisotopic (exact) mass is 258 g/mol. The van der Waals surface area contributed by atoms with Crippen molar-refractivity contribution in [2.24, 2.45) is 11.8 Å². The Hall–Kier alpha value is -0.680. The van der Waals surface area contributed by atoms with Crippen LogP contribution >= 0.6 is 11.6 Å². The zero-order chi connectivity index (χ0) is 12.3. The van der Waals surface area contributed by atoms with Crippen molar-refractivity contribution >= 4 is 11.6 Å². The first kappa shape index (κ1) is 12.8. The minimum Gasteiger partial charge on any atom is -0.381 e. The summed E-state index contributed by atoms with van der Waals surface area (Å²) in [4.78, 5) is 0. The molecule has 0 amide bonds. The lowest BCUT2D eigenvalue weighted by molar-refractivity contribution is 0.0531. The molecule has 0 aromatic heterocycles. The lowest BCUT2D eigenvalue weighted by atomic mass is 9.87. The van der Waals surface area contributed by atoms with Gasteiger partial charge in [0, 0.05) is 23.8 Å². The Morgan fingerprint density at radius 3 is 2.71 bits per heavy atom. The highest BCUT2D eigenvalue weighted by Crippen LogP contribution is 2.34. The molecule has 1 saturated heterocycles. The molecule has 0 aliphatic carbocycles. The Kier molecular flexibility index (Phi) is 4.34. The maximum absolute atomic E-state index is 13.8. The van der Waals surface area contributed by atoms with E-state index in [1.54, 1.807) is 12.1 Å². The van der Waals surface area contributed by atoms with Crippen molar-refractivity contribution in [3.05, 3.63) is 34.6 Å². The molecule has 1 aromatic rings. The zero-order valence-corrected chi connectivity index (χ0v) is 10.2. The summed E-state index contributed by atoms with van der Waals surface area (Å²) in [5.74, 6) is 5.50. The largest absolute Gasteiger partial charge is 0.381 e. The molecule has 1 unspecified atom stereocenters. The molecule has 3 N–H and O–H groups in total. The van der Waals surface area contributed by atoms with E-state index in [2.05, 4.69) is 5.43 Å². The van der Waals surface area contributed by atoms with Crippen LogP contribution in [0.4, 0.5) is 4.39 Å². The van der Waals surface area contributed by atoms with Crippen LogP contribution in [0.25, 0.3) is 0 Å². The molecule has 1 fully saturated rings. The first-order valence-electron chi connectivity index (χ1n) is 5.72. The van der Waals surface area contributed by atoms with E-state index in [4.69, 9.17) is 22.2 Å². The smallest absolute Gasteiger partial charge is 0.129 e. The van der Waals surface area contributed by atoms with Crippen LogP contribution in [-0.4, -0.2) is 13.2 Å². The van der Waals surface area contributed by atoms with Gasteiger partial charge in [-0.05, 0) is 30.9 Å². The summed E-state index contributed by atoms with van der Waals surface area (Å²) in [6, 6.07) is 4.43. The van der Waals surface area contributed by atoms with Gasteiger partial charge in [0.05, 0.1) is 6.04 Å². The Bertz CT molecular complexity index is 363. The molecular weight excluding hydrogens is 243 g/mol. The molecular formula is C12H16ClFN2O. The van der Waals surface area contributed by atoms with E-state index >= 15 is 0 Å². The Labute approximate surface area is 105 Å². The summed E-state index contributed by atoms with van der Waals surface area (Å²) in [6.07, 6.45) is 1.72. The van der Waals surface area contributed by atoms with Gasteiger partial charge in [-0.3, -0.25) is 11.3 Å². The summed E-state index contributed by atoms with van der Waals surface area (Å²) < 4.78 is 19.1. The second-order valence-electron chi connectivity index (χ2n) is 4.23. The predicted octanol–water partition coefficient (Wildman–Crippen LogP) is 2.41. The fourth-order valence-electron chi connectivity index (χ4n) is 2.31. The molecule has 0 radical (unpaired) electrons. The predicted molar refractivity (Wildman–Crippen MR) is 65.0 cm³/mol. The molecule has 5 heteroatoms. The summed E-state index contributed by atoms with van der Waals surface area (Å²) in [6.45, 7) is 1.38. The highest BCUT2D eigenvalue weighted by atomic mass is 35.5. The number of hydrogen-bond donors (Lipinski definition) is 2. The molecule has 2 rings (SSSR count). The fraction of sp³-hybridized carbons (Fsp3) is 0.500. The van der Waals surface area contributed by atoms with Gasteiger partial charge in [0.1, 0.15) is 5.82 Å². The van der Waals surface area contributed by atoms with Crippen molar-refractivity contribution in [3.63, 3.8) is 0 Å². The number of rotatable bonds is 3. The van der Waals surface area contributed by atoms with Crippen molar-refractivity contribution in [2.75, 3.05) is 13.2 Å². The lowest BCUT2D eigenvalue weighted by Gasteiger charge is -2.30. The minimum atomic E-state index is -0.313. The van der Waals surface area contributed by atoms with Crippen molar-refractivity contribution in [1.82, 2.24) is 5.43 Å². The van der Waals surface area contributed by atoms with Gasteiger partial charge in [-0.25, -0.2) is 4.39 Å². The van der Waals surface area contributed by atoms with Crippen LogP contribution in [0.5, 0.6) is 0 Å². The molecule has 1 heterocycles. The Morgan fingerprint density at radius 1 is 1.41 bits per heavy atom. The molecule has 0 bridgehead atoms. The molecule has 3 nitrogen and oxygen atoms in total. The van der Waals surface area contributed by atoms with Gasteiger partial charge in [0.25, 0.3) is 0 Å². The van der Waals surface area contributed by atoms with Crippen molar-refractivity contribution < 1.29 is 9.13 Å². The molecule has 0 saturated carbocycles. The average Bonchev–Trinajstić information content (AvgIpc) is 2.35. The number of benzene rings is 1. The van der Waals surface area contributed by atoms with Crippen LogP contribution in [0.3, 0.4) is 0 Å². The van der Waals surface area contributed by atoms with Crippen LogP contribution in [0.2, 0.25) is 5.02 Å². The average molecular weight is 259 g/mol. The molecule has 1 aromatic carbocycles. The van der Waals surface area contributed by atoms with Gasteiger partial charge in [-0.2, -0.15) is 0 Å². The van der Waals surface area contributed by atoms with E-state index in [1.165, 1.54) is 6.07 Å². The first-order valence-corrected chi connectivity index (χ1v) is 6.09. The van der Waals surface area contributed by atoms with Gasteiger partial charge >= 0.3 is 0 Å². The number of hydrazine groups is 1. The zero-order valence-electron chi connectivity index (χ0n) is 9.46. The van der Waals surface area contributed by atoms with E-state index in [9.17, 15) is 4.39 Å². The molecule has 0 spiro atoms. The second kappa shape index (κ2) is 5.78. The summed E-state index contributed by atoms with van der Waals surface area (Å²) in [5, 5.41) is 0.416. The van der Waals surface area contributed by atoms with Crippen LogP contribution in [0.1, 0.15) is 24.4 Å². The maximum Gasteiger partial charge on any atom is 0.129 e. The molecule has 94 valence electrons. The third kappa shape index (κ3) is 2.77. The van der Waals surface area contributed by atoms with E-state index in [0.29, 0.717) is 23.8 Å². The van der Waals surface area contributed by atoms with Crippen LogP contribution < -0.4 is 11.3 Å². The summed E-state index contributed by atoms with van der Waals surface area (Å²) >= 11 is 6.06. The maximum atomic E-state index is 13.8. The van der Waals surface area contributed by atoms with Crippen molar-refractivity contribution in [1.29, 1.82) is 0 Å². The standard InChI is InChI=1S/C12H16ClFN2O/c13-9-2-1-3-10(14)11(9)12(16-15)8-4-6-17-7-5-8/h1-3,8,12,16H,4-7,15H2. The van der Waals surface area contributed by atoms with Crippen LogP contribution in [-0.2, 0) is 4.74 Å². The first-order chi connectivity index (χ1) is 8.24. The van der Waals surface area contributed by atoms with Crippen LogP contribution in [0.15, 0.2) is 18.2 Å². The van der Waals surface area contributed by atoms with E-state index in [-0.39, 0.29) is 17.8 Å². The number of halogens is 2. The topological polar surface area (TPSA) is 47.3 Å². The number of ether oxygens (including phenoxy) is 1. The van der Waals surface area contributed by atoms with E-state index in [0.717, 1.165) is 12.8 Å². The third-order valence-electron chi connectivity index (χ3n) is 3.23. The molecule has 1 aliphatic rings. The van der Waals surface area contributed by atoms with Gasteiger partial charge in [-0.15, -0.1) is 0 Å². The molecule has 17 heavy (non-hydrogen) atoms. The van der Waals surface area contributed by atoms with Gasteiger partial charge in [-0.1, -0.05) is 17.7 Å². The molecule has 1 atom stereocenters. The SMILES string of the molecule is NNC(c1c(F)cccc1Cl)C1CCOCC1. The normalized spacial score (nSPS) is 19.2. The highest BCUT2D eigenvalue weighted by molar-refractivity contribution is 6.31. The Balaban J connectivity index is 2.27.